The van der Waals surface area contributed by atoms with Crippen LogP contribution in [0.5, 0.6) is 0 Å². The quantitative estimate of drug-likeness (QED) is 0.796. The first-order valence-corrected chi connectivity index (χ1v) is 6.01. The molecule has 0 heterocycles. The molecule has 15 heavy (non-hydrogen) atoms. The van der Waals surface area contributed by atoms with Crippen LogP contribution in [-0.2, 0) is 19.4 Å². The van der Waals surface area contributed by atoms with Gasteiger partial charge in [-0.1, -0.05) is 26.0 Å². The van der Waals surface area contributed by atoms with Crippen LogP contribution < -0.4 is 5.32 Å². The van der Waals surface area contributed by atoms with Crippen molar-refractivity contribution in [2.75, 3.05) is 7.05 Å². The van der Waals surface area contributed by atoms with Crippen molar-refractivity contribution in [1.29, 1.82) is 0 Å². The lowest BCUT2D eigenvalue weighted by Gasteiger charge is -2.13. The highest BCUT2D eigenvalue weighted by Gasteiger charge is 2.16. The lowest BCUT2D eigenvalue weighted by Crippen LogP contribution is -2.08. The predicted octanol–water partition coefficient (Wildman–Crippen LogP) is 3.02. The summed E-state index contributed by atoms with van der Waals surface area (Å²) in [6.45, 7) is 5.57. The molecular formula is C14H21N. The minimum atomic E-state index is 0.645. The van der Waals surface area contributed by atoms with Crippen LogP contribution in [0, 0.1) is 0 Å². The Balaban J connectivity index is 2.43. The molecule has 1 heteroatoms. The Hall–Kier alpha value is -0.820. The summed E-state index contributed by atoms with van der Waals surface area (Å²) in [6, 6.07) is 4.82. The zero-order valence-electron chi connectivity index (χ0n) is 10.1. The van der Waals surface area contributed by atoms with Gasteiger partial charge in [0, 0.05) is 6.54 Å². The van der Waals surface area contributed by atoms with Gasteiger partial charge < -0.3 is 5.32 Å². The van der Waals surface area contributed by atoms with Crippen LogP contribution >= 0.6 is 0 Å². The van der Waals surface area contributed by atoms with E-state index < -0.39 is 0 Å². The summed E-state index contributed by atoms with van der Waals surface area (Å²) >= 11 is 0. The molecule has 0 saturated carbocycles. The van der Waals surface area contributed by atoms with E-state index in [4.69, 9.17) is 0 Å². The molecule has 0 radical (unpaired) electrons. The molecule has 1 aromatic rings. The van der Waals surface area contributed by atoms with Gasteiger partial charge in [-0.15, -0.1) is 0 Å². The van der Waals surface area contributed by atoms with Gasteiger partial charge in [0.15, 0.2) is 0 Å². The number of hydrogen-bond acceptors (Lipinski definition) is 1. The van der Waals surface area contributed by atoms with Gasteiger partial charge in [0.05, 0.1) is 0 Å². The van der Waals surface area contributed by atoms with Crippen LogP contribution in [0.4, 0.5) is 0 Å². The summed E-state index contributed by atoms with van der Waals surface area (Å²) < 4.78 is 0. The lowest BCUT2D eigenvalue weighted by atomic mass is 9.94. The number of hydrogen-bond donors (Lipinski definition) is 1. The fourth-order valence-corrected chi connectivity index (χ4v) is 2.51. The molecule has 1 aliphatic rings. The maximum absolute atomic E-state index is 3.28. The molecule has 0 atom stereocenters. The van der Waals surface area contributed by atoms with Crippen LogP contribution in [0.15, 0.2) is 12.1 Å². The van der Waals surface area contributed by atoms with E-state index in [0.29, 0.717) is 5.92 Å². The zero-order valence-corrected chi connectivity index (χ0v) is 10.1. The fourth-order valence-electron chi connectivity index (χ4n) is 2.51. The van der Waals surface area contributed by atoms with E-state index >= 15 is 0 Å². The third-order valence-corrected chi connectivity index (χ3v) is 3.36. The van der Waals surface area contributed by atoms with Gasteiger partial charge in [0.25, 0.3) is 0 Å². The van der Waals surface area contributed by atoms with E-state index in [0.717, 1.165) is 6.54 Å². The van der Waals surface area contributed by atoms with Crippen molar-refractivity contribution in [2.24, 2.45) is 0 Å². The van der Waals surface area contributed by atoms with Crippen LogP contribution in [0.3, 0.4) is 0 Å². The normalized spacial score (nSPS) is 14.7. The predicted molar refractivity (Wildman–Crippen MR) is 65.3 cm³/mol. The number of rotatable bonds is 3. The topological polar surface area (TPSA) is 12.0 Å². The Morgan fingerprint density at radius 3 is 2.73 bits per heavy atom. The van der Waals surface area contributed by atoms with Gasteiger partial charge in [0.1, 0.15) is 0 Å². The van der Waals surface area contributed by atoms with Crippen molar-refractivity contribution in [3.05, 3.63) is 34.4 Å². The molecule has 0 spiro atoms. The largest absolute Gasteiger partial charge is 0.316 e. The number of aryl methyl sites for hydroxylation is 1. The van der Waals surface area contributed by atoms with E-state index in [1.165, 1.54) is 30.4 Å². The molecular weight excluding hydrogens is 182 g/mol. The molecule has 0 saturated heterocycles. The van der Waals surface area contributed by atoms with Crippen molar-refractivity contribution in [3.63, 3.8) is 0 Å². The molecule has 0 amide bonds. The molecule has 1 N–H and O–H groups in total. The molecule has 0 bridgehead atoms. The number of benzene rings is 1. The van der Waals surface area contributed by atoms with Gasteiger partial charge in [-0.25, -0.2) is 0 Å². The molecule has 1 nitrogen and oxygen atoms in total. The fraction of sp³-hybridized carbons (Fsp3) is 0.571. The summed E-state index contributed by atoms with van der Waals surface area (Å²) in [5.41, 5.74) is 6.25. The van der Waals surface area contributed by atoms with E-state index in [-0.39, 0.29) is 0 Å². The average molecular weight is 203 g/mol. The van der Waals surface area contributed by atoms with Crippen molar-refractivity contribution in [1.82, 2.24) is 5.32 Å². The summed E-state index contributed by atoms with van der Waals surface area (Å²) in [4.78, 5) is 0. The molecule has 0 aliphatic heterocycles. The lowest BCUT2D eigenvalue weighted by molar-refractivity contribution is 0.795. The molecule has 1 aliphatic carbocycles. The highest BCUT2D eigenvalue weighted by atomic mass is 14.8. The molecule has 1 aromatic carbocycles. The highest BCUT2D eigenvalue weighted by molar-refractivity contribution is 5.43. The first-order chi connectivity index (χ1) is 7.22. The summed E-state index contributed by atoms with van der Waals surface area (Å²) in [5, 5.41) is 3.28. The minimum Gasteiger partial charge on any atom is -0.316 e. The van der Waals surface area contributed by atoms with Gasteiger partial charge >= 0.3 is 0 Å². The highest BCUT2D eigenvalue weighted by Crippen LogP contribution is 2.29. The second-order valence-corrected chi connectivity index (χ2v) is 4.86. The first kappa shape index (κ1) is 10.7. The van der Waals surface area contributed by atoms with E-state index in [1.54, 1.807) is 11.1 Å². The van der Waals surface area contributed by atoms with Gasteiger partial charge in [-0.05, 0) is 54.5 Å². The molecule has 0 unspecified atom stereocenters. The zero-order chi connectivity index (χ0) is 10.8. The second kappa shape index (κ2) is 4.36. The summed E-state index contributed by atoms with van der Waals surface area (Å²) in [6.07, 6.45) is 3.91. The maximum Gasteiger partial charge on any atom is 0.0205 e. The summed E-state index contributed by atoms with van der Waals surface area (Å²) in [5.74, 6) is 0.645. The average Bonchev–Trinajstić information content (AvgIpc) is 2.65. The van der Waals surface area contributed by atoms with Crippen LogP contribution in [0.1, 0.15) is 48.4 Å². The Labute approximate surface area is 92.9 Å². The monoisotopic (exact) mass is 203 g/mol. The smallest absolute Gasteiger partial charge is 0.0205 e. The van der Waals surface area contributed by atoms with Crippen LogP contribution in [0.25, 0.3) is 0 Å². The molecule has 2 rings (SSSR count). The molecule has 82 valence electrons. The van der Waals surface area contributed by atoms with Crippen LogP contribution in [0.2, 0.25) is 0 Å². The molecule has 0 aromatic heterocycles. The minimum absolute atomic E-state index is 0.645. The third-order valence-electron chi connectivity index (χ3n) is 3.36. The summed E-state index contributed by atoms with van der Waals surface area (Å²) in [7, 11) is 2.03. The van der Waals surface area contributed by atoms with E-state index in [9.17, 15) is 0 Å². The third kappa shape index (κ3) is 2.07. The maximum atomic E-state index is 3.28. The van der Waals surface area contributed by atoms with Gasteiger partial charge in [-0.3, -0.25) is 0 Å². The molecule has 0 fully saturated rings. The Kier molecular flexibility index (Phi) is 3.11. The van der Waals surface area contributed by atoms with E-state index in [1.807, 2.05) is 7.05 Å². The Morgan fingerprint density at radius 2 is 2.07 bits per heavy atom. The van der Waals surface area contributed by atoms with Crippen LogP contribution in [-0.4, -0.2) is 7.05 Å². The van der Waals surface area contributed by atoms with E-state index in [2.05, 4.69) is 31.3 Å². The standard InChI is InChI=1S/C14H21N/c1-10(2)12-7-11-5-4-6-14(11)13(8-12)9-15-3/h7-8,10,15H,4-6,9H2,1-3H3. The van der Waals surface area contributed by atoms with Crippen molar-refractivity contribution >= 4 is 0 Å². The first-order valence-electron chi connectivity index (χ1n) is 6.01. The van der Waals surface area contributed by atoms with Gasteiger partial charge in [-0.2, -0.15) is 0 Å². The Morgan fingerprint density at radius 1 is 1.27 bits per heavy atom. The van der Waals surface area contributed by atoms with Crippen molar-refractivity contribution < 1.29 is 0 Å². The number of nitrogens with one attached hydrogen (secondary N) is 1. The van der Waals surface area contributed by atoms with Crippen molar-refractivity contribution in [2.45, 2.75) is 45.6 Å². The second-order valence-electron chi connectivity index (χ2n) is 4.86. The Bertz CT molecular complexity index is 353. The van der Waals surface area contributed by atoms with Crippen molar-refractivity contribution in [3.8, 4) is 0 Å². The SMILES string of the molecule is CNCc1cc(C(C)C)cc2c1CCC2. The number of fused-ring (bicyclic) bond motifs is 1. The van der Waals surface area contributed by atoms with Gasteiger partial charge in [0.2, 0.25) is 0 Å².